The average molecular weight is 592 g/mol. The molecule has 6 rings (SSSR count). The first kappa shape index (κ1) is 28.7. The SMILES string of the molecule is CC(C)(C)OC(=O)N1CCN(c2cccc(-c3cc4nccc(-c5ccc(OC(F)F)c(OCC6CC6)c5)n4n3)c2)CC1. The second-order valence-corrected chi connectivity index (χ2v) is 11.9. The van der Waals surface area contributed by atoms with Gasteiger partial charge in [0.25, 0.3) is 0 Å². The van der Waals surface area contributed by atoms with Gasteiger partial charge < -0.3 is 24.0 Å². The first-order chi connectivity index (χ1) is 20.6. The third-order valence-corrected chi connectivity index (χ3v) is 7.42. The molecule has 0 radical (unpaired) electrons. The Morgan fingerprint density at radius 1 is 0.977 bits per heavy atom. The first-order valence-electron chi connectivity index (χ1n) is 14.5. The van der Waals surface area contributed by atoms with Gasteiger partial charge in [-0.25, -0.2) is 14.3 Å². The van der Waals surface area contributed by atoms with Crippen LogP contribution in [0, 0.1) is 5.92 Å². The number of piperazine rings is 1. The Morgan fingerprint density at radius 2 is 1.77 bits per heavy atom. The number of hydrogen-bond acceptors (Lipinski definition) is 7. The van der Waals surface area contributed by atoms with Gasteiger partial charge in [-0.15, -0.1) is 0 Å². The van der Waals surface area contributed by atoms with Crippen molar-refractivity contribution in [1.82, 2.24) is 19.5 Å². The number of ether oxygens (including phenoxy) is 3. The van der Waals surface area contributed by atoms with Gasteiger partial charge in [0, 0.05) is 55.3 Å². The van der Waals surface area contributed by atoms with Crippen LogP contribution in [0.25, 0.3) is 28.2 Å². The van der Waals surface area contributed by atoms with E-state index in [-0.39, 0.29) is 17.6 Å². The van der Waals surface area contributed by atoms with E-state index in [4.69, 9.17) is 19.3 Å². The summed E-state index contributed by atoms with van der Waals surface area (Å²) in [6.07, 6.45) is 3.57. The molecule has 1 amide bonds. The van der Waals surface area contributed by atoms with Crippen molar-refractivity contribution in [3.63, 3.8) is 0 Å². The Morgan fingerprint density at radius 3 is 2.49 bits per heavy atom. The summed E-state index contributed by atoms with van der Waals surface area (Å²) in [5, 5.41) is 4.87. The van der Waals surface area contributed by atoms with E-state index in [0.717, 1.165) is 41.0 Å². The molecule has 2 aliphatic rings. The van der Waals surface area contributed by atoms with Crippen LogP contribution in [0.4, 0.5) is 19.3 Å². The molecule has 1 aliphatic carbocycles. The predicted molar refractivity (Wildman–Crippen MR) is 159 cm³/mol. The summed E-state index contributed by atoms with van der Waals surface area (Å²) in [5.74, 6) is 0.741. The van der Waals surface area contributed by atoms with Crippen molar-refractivity contribution in [3.05, 3.63) is 60.8 Å². The monoisotopic (exact) mass is 591 g/mol. The minimum Gasteiger partial charge on any atom is -0.489 e. The van der Waals surface area contributed by atoms with E-state index >= 15 is 0 Å². The number of nitrogens with zero attached hydrogens (tertiary/aromatic N) is 5. The predicted octanol–water partition coefficient (Wildman–Crippen LogP) is 6.51. The molecule has 3 heterocycles. The normalized spacial score (nSPS) is 15.7. The highest BCUT2D eigenvalue weighted by atomic mass is 19.3. The molecule has 2 aromatic carbocycles. The maximum Gasteiger partial charge on any atom is 0.410 e. The van der Waals surface area contributed by atoms with Crippen LogP contribution < -0.4 is 14.4 Å². The van der Waals surface area contributed by atoms with Crippen LogP contribution in [-0.2, 0) is 4.74 Å². The molecule has 0 bridgehead atoms. The Hall–Kier alpha value is -4.41. The lowest BCUT2D eigenvalue weighted by atomic mass is 10.1. The molecule has 43 heavy (non-hydrogen) atoms. The van der Waals surface area contributed by atoms with Gasteiger partial charge in [0.05, 0.1) is 18.0 Å². The third kappa shape index (κ3) is 6.81. The topological polar surface area (TPSA) is 81.4 Å². The van der Waals surface area contributed by atoms with Gasteiger partial charge in [-0.3, -0.25) is 0 Å². The van der Waals surface area contributed by atoms with E-state index in [2.05, 4.69) is 22.0 Å². The van der Waals surface area contributed by atoms with E-state index in [1.807, 2.05) is 45.0 Å². The highest BCUT2D eigenvalue weighted by Gasteiger charge is 2.26. The highest BCUT2D eigenvalue weighted by molar-refractivity contribution is 5.72. The number of carbonyl (C=O) groups is 1. The molecule has 0 atom stereocenters. The lowest BCUT2D eigenvalue weighted by Gasteiger charge is -2.36. The summed E-state index contributed by atoms with van der Waals surface area (Å²) in [4.78, 5) is 21.0. The van der Waals surface area contributed by atoms with Crippen LogP contribution >= 0.6 is 0 Å². The molecule has 2 fully saturated rings. The van der Waals surface area contributed by atoms with Crippen molar-refractivity contribution in [2.75, 3.05) is 37.7 Å². The zero-order chi connectivity index (χ0) is 30.1. The second kappa shape index (κ2) is 11.7. The number of halogens is 2. The molecule has 2 aromatic heterocycles. The number of carbonyl (C=O) groups excluding carboxylic acids is 1. The Balaban J connectivity index is 1.23. The maximum atomic E-state index is 13.0. The second-order valence-electron chi connectivity index (χ2n) is 11.9. The molecule has 1 saturated heterocycles. The minimum absolute atomic E-state index is 0.00889. The van der Waals surface area contributed by atoms with Crippen LogP contribution in [0.5, 0.6) is 11.5 Å². The Bertz CT molecular complexity index is 1610. The number of fused-ring (bicyclic) bond motifs is 1. The Kier molecular flexibility index (Phi) is 7.81. The number of benzene rings is 2. The van der Waals surface area contributed by atoms with Crippen molar-refractivity contribution in [2.24, 2.45) is 5.92 Å². The van der Waals surface area contributed by atoms with Crippen molar-refractivity contribution in [2.45, 2.75) is 45.8 Å². The highest BCUT2D eigenvalue weighted by Crippen LogP contribution is 2.37. The zero-order valence-electron chi connectivity index (χ0n) is 24.5. The molecular weight excluding hydrogens is 556 g/mol. The van der Waals surface area contributed by atoms with E-state index in [1.165, 1.54) is 6.07 Å². The lowest BCUT2D eigenvalue weighted by Crippen LogP contribution is -2.50. The van der Waals surface area contributed by atoms with Crippen LogP contribution in [-0.4, -0.2) is 70.6 Å². The number of aromatic nitrogens is 3. The van der Waals surface area contributed by atoms with Gasteiger partial charge in [-0.2, -0.15) is 13.9 Å². The van der Waals surface area contributed by atoms with Gasteiger partial charge in [0.15, 0.2) is 17.1 Å². The maximum absolute atomic E-state index is 13.0. The summed E-state index contributed by atoms with van der Waals surface area (Å²) in [7, 11) is 0. The van der Waals surface area contributed by atoms with E-state index in [9.17, 15) is 13.6 Å². The molecule has 0 unspecified atom stereocenters. The summed E-state index contributed by atoms with van der Waals surface area (Å²) < 4.78 is 43.9. The van der Waals surface area contributed by atoms with Crippen LogP contribution in [0.1, 0.15) is 33.6 Å². The summed E-state index contributed by atoms with van der Waals surface area (Å²) >= 11 is 0. The fourth-order valence-electron chi connectivity index (χ4n) is 5.06. The number of anilines is 1. The van der Waals surface area contributed by atoms with Crippen molar-refractivity contribution in [1.29, 1.82) is 0 Å². The van der Waals surface area contributed by atoms with Gasteiger partial charge in [0.1, 0.15) is 5.60 Å². The number of alkyl halides is 2. The molecule has 0 N–H and O–H groups in total. The minimum atomic E-state index is -2.94. The number of rotatable bonds is 8. The zero-order valence-corrected chi connectivity index (χ0v) is 24.5. The number of hydrogen-bond donors (Lipinski definition) is 0. The fraction of sp³-hybridized carbons (Fsp3) is 0.406. The average Bonchev–Trinajstić information content (AvgIpc) is 3.70. The van der Waals surface area contributed by atoms with Gasteiger partial charge in [-0.1, -0.05) is 12.1 Å². The van der Waals surface area contributed by atoms with Gasteiger partial charge in [-0.05, 0) is 75.9 Å². The molecular formula is C32H35F2N5O4. The summed E-state index contributed by atoms with van der Waals surface area (Å²) in [6.45, 7) is 5.66. The smallest absolute Gasteiger partial charge is 0.410 e. The Labute approximate surface area is 249 Å². The van der Waals surface area contributed by atoms with Gasteiger partial charge in [0.2, 0.25) is 0 Å². The lowest BCUT2D eigenvalue weighted by molar-refractivity contribution is -0.0515. The molecule has 1 aliphatic heterocycles. The van der Waals surface area contributed by atoms with Crippen molar-refractivity contribution < 1.29 is 27.8 Å². The standard InChI is InChI=1S/C32H35F2N5O4/c1-32(2,3)43-31(40)38-15-13-37(14-16-38)24-6-4-5-22(17-24)25-19-29-35-12-11-26(39(29)36-25)23-9-10-27(42-30(33)34)28(18-23)41-20-21-7-8-21/h4-6,9-12,17-19,21,30H,7-8,13-16,20H2,1-3H3. The van der Waals surface area contributed by atoms with E-state index < -0.39 is 12.2 Å². The van der Waals surface area contributed by atoms with Gasteiger partial charge >= 0.3 is 12.7 Å². The third-order valence-electron chi connectivity index (χ3n) is 7.42. The molecule has 226 valence electrons. The molecule has 9 nitrogen and oxygen atoms in total. The van der Waals surface area contributed by atoms with Crippen molar-refractivity contribution >= 4 is 17.4 Å². The largest absolute Gasteiger partial charge is 0.489 e. The van der Waals surface area contributed by atoms with Crippen LogP contribution in [0.3, 0.4) is 0 Å². The fourth-order valence-corrected chi connectivity index (χ4v) is 5.06. The van der Waals surface area contributed by atoms with Crippen LogP contribution in [0.15, 0.2) is 60.8 Å². The molecule has 11 heteroatoms. The first-order valence-corrected chi connectivity index (χ1v) is 14.5. The molecule has 0 spiro atoms. The molecule has 4 aromatic rings. The van der Waals surface area contributed by atoms with E-state index in [0.29, 0.717) is 44.4 Å². The summed E-state index contributed by atoms with van der Waals surface area (Å²) in [5.41, 5.74) is 4.33. The molecule has 1 saturated carbocycles. The summed E-state index contributed by atoms with van der Waals surface area (Å²) in [6, 6.07) is 16.8. The number of amides is 1. The van der Waals surface area contributed by atoms with E-state index in [1.54, 1.807) is 27.7 Å². The van der Waals surface area contributed by atoms with Crippen LogP contribution in [0.2, 0.25) is 0 Å². The quantitative estimate of drug-likeness (QED) is 0.231. The van der Waals surface area contributed by atoms with Crippen molar-refractivity contribution in [3.8, 4) is 34.0 Å².